The summed E-state index contributed by atoms with van der Waals surface area (Å²) in [4.78, 5) is 14.3. The summed E-state index contributed by atoms with van der Waals surface area (Å²) in [5.74, 6) is 0.488. The number of nitrogens with two attached hydrogens (primary N) is 1. The highest BCUT2D eigenvalue weighted by Gasteiger charge is 2.26. The number of carbonyl (C=O) groups excluding carboxylic acids is 1. The van der Waals surface area contributed by atoms with E-state index in [2.05, 4.69) is 0 Å². The number of likely N-dealkylation sites (tertiary alicyclic amines) is 1. The van der Waals surface area contributed by atoms with Gasteiger partial charge in [0.1, 0.15) is 0 Å². The Morgan fingerprint density at radius 1 is 1.48 bits per heavy atom. The number of piperidine rings is 1. The molecule has 1 amide bonds. The fourth-order valence-corrected chi connectivity index (χ4v) is 3.00. The van der Waals surface area contributed by atoms with Crippen LogP contribution in [-0.2, 0) is 11.2 Å². The zero-order valence-electron chi connectivity index (χ0n) is 12.0. The van der Waals surface area contributed by atoms with Gasteiger partial charge in [0, 0.05) is 29.2 Å². The van der Waals surface area contributed by atoms with E-state index in [-0.39, 0.29) is 24.4 Å². The quantitative estimate of drug-likeness (QED) is 0.905. The van der Waals surface area contributed by atoms with Crippen LogP contribution in [0.5, 0.6) is 0 Å². The highest BCUT2D eigenvalue weighted by Crippen LogP contribution is 2.23. The van der Waals surface area contributed by atoms with Crippen molar-refractivity contribution in [3.63, 3.8) is 0 Å². The molecule has 0 aromatic heterocycles. The molecule has 1 aliphatic rings. The minimum Gasteiger partial charge on any atom is -0.342 e. The largest absolute Gasteiger partial charge is 0.342 e. The summed E-state index contributed by atoms with van der Waals surface area (Å²) in [6, 6.07) is 5.34. The molecule has 0 bridgehead atoms. The number of benzene rings is 1. The predicted octanol–water partition coefficient (Wildman–Crippen LogP) is 3.54. The number of carbonyl (C=O) groups is 1. The molecule has 1 saturated heterocycles. The Hall–Kier alpha value is -0.480. The van der Waals surface area contributed by atoms with Crippen LogP contribution in [-0.4, -0.2) is 29.9 Å². The molecular weight excluding hydrogens is 331 g/mol. The Balaban J connectivity index is 0.00000220. The summed E-state index contributed by atoms with van der Waals surface area (Å²) in [5, 5.41) is 1.19. The van der Waals surface area contributed by atoms with Gasteiger partial charge in [0.25, 0.3) is 0 Å². The van der Waals surface area contributed by atoms with E-state index in [1.807, 2.05) is 11.8 Å². The van der Waals surface area contributed by atoms with Crippen LogP contribution in [0.1, 0.15) is 25.3 Å². The summed E-state index contributed by atoms with van der Waals surface area (Å²) in [6.45, 7) is 3.56. The van der Waals surface area contributed by atoms with Crippen molar-refractivity contribution in [2.75, 3.05) is 13.1 Å². The summed E-state index contributed by atoms with van der Waals surface area (Å²) in [7, 11) is 0. The van der Waals surface area contributed by atoms with Gasteiger partial charge in [-0.3, -0.25) is 4.79 Å². The molecule has 21 heavy (non-hydrogen) atoms. The van der Waals surface area contributed by atoms with Crippen LogP contribution in [0.25, 0.3) is 0 Å². The normalized spacial score (nSPS) is 19.8. The molecule has 1 aromatic carbocycles. The standard InChI is InChI=1S/C15H20Cl2N2O.ClH/c1-10(18)11-3-2-6-19(9-11)15(20)8-12-7-13(16)4-5-14(12)17;/h4-5,7,10-11H,2-3,6,8-9,18H2,1H3;1H. The lowest BCUT2D eigenvalue weighted by Crippen LogP contribution is -2.45. The monoisotopic (exact) mass is 350 g/mol. The van der Waals surface area contributed by atoms with Gasteiger partial charge < -0.3 is 10.6 Å². The summed E-state index contributed by atoms with van der Waals surface area (Å²) in [6.07, 6.45) is 2.41. The van der Waals surface area contributed by atoms with Crippen molar-refractivity contribution in [1.82, 2.24) is 4.90 Å². The number of nitrogens with zero attached hydrogens (tertiary/aromatic N) is 1. The third kappa shape index (κ3) is 5.03. The van der Waals surface area contributed by atoms with Crippen molar-refractivity contribution in [1.29, 1.82) is 0 Å². The molecule has 0 spiro atoms. The second-order valence-corrected chi connectivity index (χ2v) is 6.36. The van der Waals surface area contributed by atoms with Crippen molar-refractivity contribution >= 4 is 41.5 Å². The van der Waals surface area contributed by atoms with Gasteiger partial charge in [-0.05, 0) is 49.4 Å². The topological polar surface area (TPSA) is 46.3 Å². The lowest BCUT2D eigenvalue weighted by Gasteiger charge is -2.34. The maximum atomic E-state index is 12.4. The maximum Gasteiger partial charge on any atom is 0.227 e. The number of halogens is 3. The first kappa shape index (κ1) is 18.6. The van der Waals surface area contributed by atoms with E-state index in [0.29, 0.717) is 22.4 Å². The fourth-order valence-electron chi connectivity index (χ4n) is 2.62. The van der Waals surface area contributed by atoms with Crippen LogP contribution in [0, 0.1) is 5.92 Å². The van der Waals surface area contributed by atoms with Gasteiger partial charge in [-0.2, -0.15) is 0 Å². The first-order valence-electron chi connectivity index (χ1n) is 6.94. The average molecular weight is 352 g/mol. The third-order valence-corrected chi connectivity index (χ3v) is 4.51. The minimum absolute atomic E-state index is 0. The molecule has 3 nitrogen and oxygen atoms in total. The van der Waals surface area contributed by atoms with E-state index < -0.39 is 0 Å². The van der Waals surface area contributed by atoms with Crippen LogP contribution in [0.3, 0.4) is 0 Å². The van der Waals surface area contributed by atoms with Crippen LogP contribution in [0.15, 0.2) is 18.2 Å². The zero-order valence-corrected chi connectivity index (χ0v) is 14.3. The van der Waals surface area contributed by atoms with E-state index in [1.54, 1.807) is 18.2 Å². The Labute approximate surface area is 142 Å². The van der Waals surface area contributed by atoms with Crippen molar-refractivity contribution in [2.45, 2.75) is 32.2 Å². The highest BCUT2D eigenvalue weighted by atomic mass is 35.5. The highest BCUT2D eigenvalue weighted by molar-refractivity contribution is 6.33. The summed E-state index contributed by atoms with van der Waals surface area (Å²) in [5.41, 5.74) is 6.73. The first-order chi connectivity index (χ1) is 9.47. The van der Waals surface area contributed by atoms with Gasteiger partial charge >= 0.3 is 0 Å². The Morgan fingerprint density at radius 3 is 2.86 bits per heavy atom. The van der Waals surface area contributed by atoms with Crippen LogP contribution in [0.4, 0.5) is 0 Å². The number of hydrogen-bond acceptors (Lipinski definition) is 2. The van der Waals surface area contributed by atoms with E-state index in [9.17, 15) is 4.79 Å². The van der Waals surface area contributed by atoms with E-state index in [1.165, 1.54) is 0 Å². The SMILES string of the molecule is CC(N)C1CCCN(C(=O)Cc2cc(Cl)ccc2Cl)C1.Cl. The van der Waals surface area contributed by atoms with Crippen molar-refractivity contribution in [3.05, 3.63) is 33.8 Å². The van der Waals surface area contributed by atoms with Gasteiger partial charge in [0.15, 0.2) is 0 Å². The van der Waals surface area contributed by atoms with Crippen molar-refractivity contribution < 1.29 is 4.79 Å². The number of rotatable bonds is 3. The Morgan fingerprint density at radius 2 is 2.19 bits per heavy atom. The molecule has 6 heteroatoms. The molecule has 2 rings (SSSR count). The van der Waals surface area contributed by atoms with Crippen LogP contribution < -0.4 is 5.73 Å². The van der Waals surface area contributed by atoms with Gasteiger partial charge in [0.05, 0.1) is 6.42 Å². The zero-order chi connectivity index (χ0) is 14.7. The maximum absolute atomic E-state index is 12.4. The smallest absolute Gasteiger partial charge is 0.227 e. The van der Waals surface area contributed by atoms with Gasteiger partial charge in [-0.15, -0.1) is 12.4 Å². The lowest BCUT2D eigenvalue weighted by molar-refractivity contribution is -0.132. The average Bonchev–Trinajstić information content (AvgIpc) is 2.43. The van der Waals surface area contributed by atoms with E-state index in [4.69, 9.17) is 28.9 Å². The third-order valence-electron chi connectivity index (χ3n) is 3.90. The minimum atomic E-state index is 0. The summed E-state index contributed by atoms with van der Waals surface area (Å²) < 4.78 is 0. The molecule has 1 fully saturated rings. The van der Waals surface area contributed by atoms with E-state index in [0.717, 1.165) is 31.5 Å². The van der Waals surface area contributed by atoms with Crippen molar-refractivity contribution in [2.24, 2.45) is 11.7 Å². The second-order valence-electron chi connectivity index (χ2n) is 5.51. The van der Waals surface area contributed by atoms with Gasteiger partial charge in [0.2, 0.25) is 5.91 Å². The molecule has 2 atom stereocenters. The Bertz CT molecular complexity index is 494. The van der Waals surface area contributed by atoms with Gasteiger partial charge in [-0.1, -0.05) is 23.2 Å². The molecule has 0 aliphatic carbocycles. The van der Waals surface area contributed by atoms with Gasteiger partial charge in [-0.25, -0.2) is 0 Å². The second kappa shape index (κ2) is 8.23. The molecule has 2 unspecified atom stereocenters. The molecule has 1 aromatic rings. The van der Waals surface area contributed by atoms with Crippen LogP contribution in [0.2, 0.25) is 10.0 Å². The number of hydrogen-bond donors (Lipinski definition) is 1. The fraction of sp³-hybridized carbons (Fsp3) is 0.533. The molecular formula is C15H21Cl3N2O. The Kier molecular flexibility index (Phi) is 7.28. The summed E-state index contributed by atoms with van der Waals surface area (Å²) >= 11 is 12.1. The van der Waals surface area contributed by atoms with Crippen molar-refractivity contribution in [3.8, 4) is 0 Å². The molecule has 1 heterocycles. The van der Waals surface area contributed by atoms with E-state index >= 15 is 0 Å². The molecule has 118 valence electrons. The molecule has 2 N–H and O–H groups in total. The predicted molar refractivity (Wildman–Crippen MR) is 90.4 cm³/mol. The number of amides is 1. The lowest BCUT2D eigenvalue weighted by atomic mass is 9.92. The molecule has 0 saturated carbocycles. The van der Waals surface area contributed by atoms with Crippen LogP contribution >= 0.6 is 35.6 Å². The molecule has 0 radical (unpaired) electrons. The molecule has 1 aliphatic heterocycles. The first-order valence-corrected chi connectivity index (χ1v) is 7.70.